The van der Waals surface area contributed by atoms with Gasteiger partial charge in [-0.3, -0.25) is 0 Å². The molecule has 0 bridgehead atoms. The van der Waals surface area contributed by atoms with Gasteiger partial charge in [-0.05, 0) is 68.8 Å². The van der Waals surface area contributed by atoms with Gasteiger partial charge >= 0.3 is 6.18 Å². The smallest absolute Gasteiger partial charge is 0.389 e. The number of aromatic nitrogens is 3. The number of nitrogens with two attached hydrogens (primary N) is 1. The standard InChI is InChI=1S/C23H28F3N5O/c24-23(25,26)11-2-14-32-20-4-1-3-19-18(20)10-13-31(19)21-9-12-28-22(30-21)29-17-7-5-16(15-27)6-8-17/h1,3-4,9-10,12-13,16-17H,2,5-8,11,14-15,27H2,(H,28,29,30). The molecule has 0 atom stereocenters. The molecule has 32 heavy (non-hydrogen) atoms. The minimum atomic E-state index is -4.17. The first kappa shape index (κ1) is 22.4. The summed E-state index contributed by atoms with van der Waals surface area (Å²) in [6.45, 7) is 0.755. The fraction of sp³-hybridized carbons (Fsp3) is 0.478. The van der Waals surface area contributed by atoms with Crippen LogP contribution in [0.5, 0.6) is 5.75 Å². The molecule has 0 radical (unpaired) electrons. The second-order valence-corrected chi connectivity index (χ2v) is 8.28. The molecule has 0 aliphatic heterocycles. The molecule has 9 heteroatoms. The van der Waals surface area contributed by atoms with E-state index in [0.29, 0.717) is 29.5 Å². The number of rotatable bonds is 8. The number of nitrogens with one attached hydrogen (secondary N) is 1. The van der Waals surface area contributed by atoms with Gasteiger partial charge in [0.2, 0.25) is 5.95 Å². The van der Waals surface area contributed by atoms with Gasteiger partial charge in [0.15, 0.2) is 0 Å². The number of anilines is 1. The first-order chi connectivity index (χ1) is 15.4. The maximum atomic E-state index is 12.4. The lowest BCUT2D eigenvalue weighted by Gasteiger charge is -2.28. The van der Waals surface area contributed by atoms with E-state index in [1.165, 1.54) is 0 Å². The molecule has 6 nitrogen and oxygen atoms in total. The summed E-state index contributed by atoms with van der Waals surface area (Å²) < 4.78 is 44.6. The van der Waals surface area contributed by atoms with Gasteiger partial charge in [0.05, 0.1) is 12.1 Å². The summed E-state index contributed by atoms with van der Waals surface area (Å²) >= 11 is 0. The van der Waals surface area contributed by atoms with Crippen molar-refractivity contribution in [3.8, 4) is 11.6 Å². The number of alkyl halides is 3. The van der Waals surface area contributed by atoms with Crippen molar-refractivity contribution >= 4 is 16.9 Å². The number of benzene rings is 1. The lowest BCUT2D eigenvalue weighted by Crippen LogP contribution is -2.29. The molecule has 3 N–H and O–H groups in total. The van der Waals surface area contributed by atoms with Gasteiger partial charge in [0, 0.05) is 30.2 Å². The van der Waals surface area contributed by atoms with Gasteiger partial charge in [0.25, 0.3) is 0 Å². The number of fused-ring (bicyclic) bond motifs is 1. The summed E-state index contributed by atoms with van der Waals surface area (Å²) in [6, 6.07) is 9.58. The highest BCUT2D eigenvalue weighted by atomic mass is 19.4. The molecule has 0 amide bonds. The van der Waals surface area contributed by atoms with Gasteiger partial charge < -0.3 is 20.4 Å². The summed E-state index contributed by atoms with van der Waals surface area (Å²) in [6.07, 6.45) is 2.84. The summed E-state index contributed by atoms with van der Waals surface area (Å²) in [4.78, 5) is 9.05. The van der Waals surface area contributed by atoms with E-state index in [0.717, 1.165) is 43.1 Å². The third kappa shape index (κ3) is 5.51. The zero-order valence-corrected chi connectivity index (χ0v) is 17.8. The number of halogens is 3. The largest absolute Gasteiger partial charge is 0.493 e. The minimum absolute atomic E-state index is 0.0117. The number of hydrogen-bond donors (Lipinski definition) is 2. The molecule has 1 aromatic carbocycles. The zero-order chi connectivity index (χ0) is 22.6. The van der Waals surface area contributed by atoms with Crippen LogP contribution in [0.1, 0.15) is 38.5 Å². The predicted octanol–water partition coefficient (Wildman–Crippen LogP) is 5.07. The van der Waals surface area contributed by atoms with Crippen LogP contribution in [0, 0.1) is 5.92 Å². The van der Waals surface area contributed by atoms with Gasteiger partial charge in [0.1, 0.15) is 11.6 Å². The molecule has 3 aromatic rings. The molecule has 2 heterocycles. The first-order valence-electron chi connectivity index (χ1n) is 11.0. The van der Waals surface area contributed by atoms with Gasteiger partial charge in [-0.2, -0.15) is 18.2 Å². The lowest BCUT2D eigenvalue weighted by molar-refractivity contribution is -0.136. The van der Waals surface area contributed by atoms with Crippen LogP contribution >= 0.6 is 0 Å². The quantitative estimate of drug-likeness (QED) is 0.472. The van der Waals surface area contributed by atoms with Crippen LogP contribution in [0.25, 0.3) is 16.7 Å². The van der Waals surface area contributed by atoms with E-state index in [1.54, 1.807) is 12.3 Å². The second kappa shape index (κ2) is 9.77. The predicted molar refractivity (Wildman–Crippen MR) is 118 cm³/mol. The van der Waals surface area contributed by atoms with E-state index in [9.17, 15) is 13.2 Å². The van der Waals surface area contributed by atoms with Crippen LogP contribution < -0.4 is 15.8 Å². The van der Waals surface area contributed by atoms with E-state index < -0.39 is 12.6 Å². The van der Waals surface area contributed by atoms with Crippen LogP contribution in [-0.4, -0.2) is 39.9 Å². The molecule has 2 aromatic heterocycles. The van der Waals surface area contributed by atoms with E-state index in [1.807, 2.05) is 35.0 Å². The Labute approximate surface area is 185 Å². The summed E-state index contributed by atoms with van der Waals surface area (Å²) in [7, 11) is 0. The van der Waals surface area contributed by atoms with E-state index in [2.05, 4.69) is 15.3 Å². The highest BCUT2D eigenvalue weighted by molar-refractivity contribution is 5.87. The highest BCUT2D eigenvalue weighted by Crippen LogP contribution is 2.30. The lowest BCUT2D eigenvalue weighted by atomic mass is 9.86. The van der Waals surface area contributed by atoms with Crippen molar-refractivity contribution in [1.29, 1.82) is 0 Å². The van der Waals surface area contributed by atoms with E-state index >= 15 is 0 Å². The van der Waals surface area contributed by atoms with Gasteiger partial charge in [-0.25, -0.2) is 4.98 Å². The molecule has 0 unspecified atom stereocenters. The molecule has 1 fully saturated rings. The first-order valence-corrected chi connectivity index (χ1v) is 11.0. The normalized spacial score (nSPS) is 19.2. The Bertz CT molecular complexity index is 1030. The molecule has 172 valence electrons. The molecule has 1 aliphatic carbocycles. The Hall–Kier alpha value is -2.81. The zero-order valence-electron chi connectivity index (χ0n) is 17.8. The van der Waals surface area contributed by atoms with Crippen LogP contribution in [0.2, 0.25) is 0 Å². The fourth-order valence-corrected chi connectivity index (χ4v) is 4.20. The van der Waals surface area contributed by atoms with E-state index in [-0.39, 0.29) is 13.0 Å². The van der Waals surface area contributed by atoms with Gasteiger partial charge in [-0.1, -0.05) is 6.07 Å². The highest BCUT2D eigenvalue weighted by Gasteiger charge is 2.26. The summed E-state index contributed by atoms with van der Waals surface area (Å²) in [5.41, 5.74) is 6.65. The number of ether oxygens (including phenoxy) is 1. The van der Waals surface area contributed by atoms with Crippen molar-refractivity contribution in [2.24, 2.45) is 11.7 Å². The average Bonchev–Trinajstić information content (AvgIpc) is 3.22. The Kier molecular flexibility index (Phi) is 6.83. The Morgan fingerprint density at radius 2 is 1.94 bits per heavy atom. The monoisotopic (exact) mass is 447 g/mol. The fourth-order valence-electron chi connectivity index (χ4n) is 4.20. The molecule has 4 rings (SSSR count). The Morgan fingerprint density at radius 1 is 1.12 bits per heavy atom. The van der Waals surface area contributed by atoms with Crippen LogP contribution in [0.4, 0.5) is 19.1 Å². The third-order valence-corrected chi connectivity index (χ3v) is 5.96. The molecule has 1 aliphatic rings. The number of hydrogen-bond acceptors (Lipinski definition) is 5. The maximum absolute atomic E-state index is 12.4. The van der Waals surface area contributed by atoms with Gasteiger partial charge in [-0.15, -0.1) is 0 Å². The van der Waals surface area contributed by atoms with Crippen LogP contribution in [0.15, 0.2) is 42.7 Å². The second-order valence-electron chi connectivity index (χ2n) is 8.28. The minimum Gasteiger partial charge on any atom is -0.493 e. The molecule has 0 spiro atoms. The maximum Gasteiger partial charge on any atom is 0.389 e. The topological polar surface area (TPSA) is 78.0 Å². The van der Waals surface area contributed by atoms with Crippen molar-refractivity contribution in [3.63, 3.8) is 0 Å². The Morgan fingerprint density at radius 3 is 2.69 bits per heavy atom. The average molecular weight is 448 g/mol. The third-order valence-electron chi connectivity index (χ3n) is 5.96. The van der Waals surface area contributed by atoms with Crippen molar-refractivity contribution < 1.29 is 17.9 Å². The van der Waals surface area contributed by atoms with E-state index in [4.69, 9.17) is 10.5 Å². The molecule has 0 saturated heterocycles. The number of nitrogens with zero attached hydrogens (tertiary/aromatic N) is 3. The summed E-state index contributed by atoms with van der Waals surface area (Å²) in [5, 5.41) is 4.27. The summed E-state index contributed by atoms with van der Waals surface area (Å²) in [5.74, 6) is 2.46. The van der Waals surface area contributed by atoms with Crippen molar-refractivity contribution in [2.45, 2.75) is 50.7 Å². The van der Waals surface area contributed by atoms with Crippen LogP contribution in [0.3, 0.4) is 0 Å². The van der Waals surface area contributed by atoms with Crippen molar-refractivity contribution in [2.75, 3.05) is 18.5 Å². The Balaban J connectivity index is 1.46. The molecule has 1 saturated carbocycles. The molecular weight excluding hydrogens is 419 g/mol. The van der Waals surface area contributed by atoms with Crippen molar-refractivity contribution in [1.82, 2.24) is 14.5 Å². The molecular formula is C23H28F3N5O. The van der Waals surface area contributed by atoms with Crippen LogP contribution in [-0.2, 0) is 0 Å². The van der Waals surface area contributed by atoms with Crippen molar-refractivity contribution in [3.05, 3.63) is 42.7 Å². The SMILES string of the molecule is NCC1CCC(Nc2nccc(-n3ccc4c(OCCCC(F)(F)F)cccc43)n2)CC1.